The summed E-state index contributed by atoms with van der Waals surface area (Å²) in [5.74, 6) is 1.47. The lowest BCUT2D eigenvalue weighted by molar-refractivity contribution is -0.188. The predicted octanol–water partition coefficient (Wildman–Crippen LogP) is 4.67. The number of benzene rings is 1. The van der Waals surface area contributed by atoms with Gasteiger partial charge in [-0.05, 0) is 67.5 Å². The van der Waals surface area contributed by atoms with Crippen LogP contribution >= 0.6 is 0 Å². The Morgan fingerprint density at radius 3 is 2.93 bits per heavy atom. The van der Waals surface area contributed by atoms with E-state index in [-0.39, 0.29) is 24.2 Å². The average molecular weight is 397 g/mol. The fourth-order valence-electron chi connectivity index (χ4n) is 5.11. The highest BCUT2D eigenvalue weighted by atomic mass is 16.7. The number of fused-ring (bicyclic) bond motifs is 4. The van der Waals surface area contributed by atoms with Crippen LogP contribution in [0.4, 0.5) is 0 Å². The summed E-state index contributed by atoms with van der Waals surface area (Å²) in [5.41, 5.74) is 1.95. The second-order valence-corrected chi connectivity index (χ2v) is 8.36. The van der Waals surface area contributed by atoms with E-state index in [4.69, 9.17) is 9.47 Å². The molecule has 6 unspecified atom stereocenters. The van der Waals surface area contributed by atoms with Crippen LogP contribution < -0.4 is 0 Å². The molecule has 3 saturated heterocycles. The number of aromatic hydroxyl groups is 1. The van der Waals surface area contributed by atoms with Crippen molar-refractivity contribution in [1.29, 1.82) is 0 Å². The van der Waals surface area contributed by atoms with Gasteiger partial charge in [-0.2, -0.15) is 0 Å². The van der Waals surface area contributed by atoms with Crippen molar-refractivity contribution in [3.63, 3.8) is 0 Å². The summed E-state index contributed by atoms with van der Waals surface area (Å²) < 4.78 is 12.3. The molecule has 1 aromatic heterocycles. The number of piperidine rings is 3. The predicted molar refractivity (Wildman–Crippen MR) is 115 cm³/mol. The molecule has 156 valence electrons. The van der Waals surface area contributed by atoms with E-state index in [1.807, 2.05) is 18.3 Å². The largest absolute Gasteiger partial charge is 0.508 e. The van der Waals surface area contributed by atoms with E-state index in [1.54, 1.807) is 19.2 Å². The van der Waals surface area contributed by atoms with E-state index in [1.165, 1.54) is 6.42 Å². The fraction of sp³-hybridized carbons (Fsp3) is 0.542. The third-order valence-corrected chi connectivity index (χ3v) is 6.65. The summed E-state index contributed by atoms with van der Waals surface area (Å²) in [4.78, 5) is 7.05. The summed E-state index contributed by atoms with van der Waals surface area (Å²) in [6.45, 7) is 8.33. The first kappa shape index (κ1) is 20.3. The van der Waals surface area contributed by atoms with Gasteiger partial charge in [0.25, 0.3) is 0 Å². The van der Waals surface area contributed by atoms with Crippen molar-refractivity contribution in [3.05, 3.63) is 48.7 Å². The van der Waals surface area contributed by atoms with Gasteiger partial charge in [-0.3, -0.25) is 9.88 Å². The molecular weight excluding hydrogens is 364 g/mol. The Morgan fingerprint density at radius 1 is 1.38 bits per heavy atom. The maximum absolute atomic E-state index is 10.1. The Hall–Kier alpha value is -1.95. The molecule has 29 heavy (non-hydrogen) atoms. The number of phenolic OH excluding ortho intramolecular Hbond substituents is 1. The first-order valence-corrected chi connectivity index (χ1v) is 10.8. The summed E-state index contributed by atoms with van der Waals surface area (Å²) in [5, 5.41) is 11.1. The molecule has 2 aromatic rings. The van der Waals surface area contributed by atoms with Crippen molar-refractivity contribution >= 4 is 10.9 Å². The smallest absolute Gasteiger partial charge is 0.158 e. The van der Waals surface area contributed by atoms with Crippen LogP contribution in [0.1, 0.15) is 44.3 Å². The molecule has 3 aliphatic heterocycles. The van der Waals surface area contributed by atoms with Gasteiger partial charge in [0.15, 0.2) is 6.29 Å². The Labute approximate surface area is 173 Å². The van der Waals surface area contributed by atoms with Crippen LogP contribution in [0.5, 0.6) is 5.75 Å². The minimum atomic E-state index is -0.248. The van der Waals surface area contributed by atoms with Gasteiger partial charge in [0.2, 0.25) is 0 Å². The van der Waals surface area contributed by atoms with E-state index >= 15 is 0 Å². The molecule has 5 nitrogen and oxygen atoms in total. The summed E-state index contributed by atoms with van der Waals surface area (Å²) in [6.07, 6.45) is 7.75. The summed E-state index contributed by atoms with van der Waals surface area (Å²) in [6, 6.07) is 7.68. The zero-order valence-corrected chi connectivity index (χ0v) is 17.5. The second-order valence-electron chi connectivity index (χ2n) is 8.36. The second kappa shape index (κ2) is 8.82. The molecular formula is C24H32N2O3. The first-order valence-electron chi connectivity index (χ1n) is 10.8. The molecule has 1 N–H and O–H groups in total. The molecule has 5 rings (SSSR count). The van der Waals surface area contributed by atoms with Crippen LogP contribution in [0, 0.1) is 11.8 Å². The lowest BCUT2D eigenvalue weighted by Gasteiger charge is -2.51. The SMILES string of the molecule is C=CC1CN2CCC1CC2C(OC(CCC)OC)c1ccnc2ccc(O)cc12. The Morgan fingerprint density at radius 2 is 2.24 bits per heavy atom. The molecule has 0 spiro atoms. The third kappa shape index (κ3) is 4.04. The number of phenols is 1. The van der Waals surface area contributed by atoms with Gasteiger partial charge < -0.3 is 14.6 Å². The van der Waals surface area contributed by atoms with Crippen LogP contribution in [-0.2, 0) is 9.47 Å². The molecule has 4 heterocycles. The molecule has 2 bridgehead atoms. The van der Waals surface area contributed by atoms with Gasteiger partial charge in [-0.1, -0.05) is 19.4 Å². The van der Waals surface area contributed by atoms with Gasteiger partial charge in [0.05, 0.1) is 5.52 Å². The van der Waals surface area contributed by atoms with E-state index in [0.717, 1.165) is 48.8 Å². The molecule has 0 amide bonds. The number of hydrogen-bond acceptors (Lipinski definition) is 5. The number of rotatable bonds is 8. The topological polar surface area (TPSA) is 54.8 Å². The molecule has 5 heteroatoms. The Bertz CT molecular complexity index is 855. The van der Waals surface area contributed by atoms with Crippen LogP contribution in [0.3, 0.4) is 0 Å². The highest BCUT2D eigenvalue weighted by Gasteiger charge is 2.43. The minimum Gasteiger partial charge on any atom is -0.508 e. The van der Waals surface area contributed by atoms with Gasteiger partial charge in [0.1, 0.15) is 11.9 Å². The molecule has 0 saturated carbocycles. The van der Waals surface area contributed by atoms with Gasteiger partial charge in [0, 0.05) is 31.3 Å². The normalized spacial score (nSPS) is 28.3. The zero-order chi connectivity index (χ0) is 20.4. The first-order chi connectivity index (χ1) is 14.1. The molecule has 0 aliphatic carbocycles. The number of hydrogen-bond donors (Lipinski definition) is 1. The maximum Gasteiger partial charge on any atom is 0.158 e. The lowest BCUT2D eigenvalue weighted by Crippen LogP contribution is -2.55. The molecule has 1 aromatic carbocycles. The van der Waals surface area contributed by atoms with Crippen molar-refractivity contribution in [2.24, 2.45) is 11.8 Å². The fourth-order valence-corrected chi connectivity index (χ4v) is 5.11. The number of aromatic nitrogens is 1. The standard InChI is InChI=1S/C24H32N2O3/c1-4-6-23(28-3)29-24(22-13-17-10-12-26(22)15-16(17)5-2)19-9-11-25-21-8-7-18(27)14-20(19)21/h5,7-9,11,14,16-17,22-24,27H,2,4,6,10,12-13,15H2,1,3H3. The van der Waals surface area contributed by atoms with E-state index in [9.17, 15) is 5.11 Å². The van der Waals surface area contributed by atoms with Crippen LogP contribution in [-0.4, -0.2) is 47.5 Å². The van der Waals surface area contributed by atoms with Crippen molar-refractivity contribution in [2.75, 3.05) is 20.2 Å². The molecule has 3 aliphatic rings. The monoisotopic (exact) mass is 396 g/mol. The highest BCUT2D eigenvalue weighted by Crippen LogP contribution is 2.44. The van der Waals surface area contributed by atoms with Crippen molar-refractivity contribution in [3.8, 4) is 5.75 Å². The van der Waals surface area contributed by atoms with Gasteiger partial charge in [-0.15, -0.1) is 6.58 Å². The molecule has 6 atom stereocenters. The van der Waals surface area contributed by atoms with Crippen molar-refractivity contribution in [1.82, 2.24) is 9.88 Å². The maximum atomic E-state index is 10.1. The summed E-state index contributed by atoms with van der Waals surface area (Å²) >= 11 is 0. The zero-order valence-electron chi connectivity index (χ0n) is 17.5. The highest BCUT2D eigenvalue weighted by molar-refractivity contribution is 5.83. The van der Waals surface area contributed by atoms with Crippen molar-refractivity contribution in [2.45, 2.75) is 51.0 Å². The minimum absolute atomic E-state index is 0.132. The number of methoxy groups -OCH3 is 1. The van der Waals surface area contributed by atoms with Crippen LogP contribution in [0.15, 0.2) is 43.1 Å². The van der Waals surface area contributed by atoms with Crippen LogP contribution in [0.2, 0.25) is 0 Å². The number of ether oxygens (including phenoxy) is 2. The molecule has 0 radical (unpaired) electrons. The van der Waals surface area contributed by atoms with Gasteiger partial charge in [-0.25, -0.2) is 0 Å². The molecule has 3 fully saturated rings. The van der Waals surface area contributed by atoms with E-state index < -0.39 is 0 Å². The van der Waals surface area contributed by atoms with E-state index in [2.05, 4.69) is 29.5 Å². The summed E-state index contributed by atoms with van der Waals surface area (Å²) in [7, 11) is 1.72. The third-order valence-electron chi connectivity index (χ3n) is 6.65. The lowest BCUT2D eigenvalue weighted by atomic mass is 9.73. The Kier molecular flexibility index (Phi) is 6.18. The van der Waals surface area contributed by atoms with Gasteiger partial charge >= 0.3 is 0 Å². The van der Waals surface area contributed by atoms with Crippen LogP contribution in [0.25, 0.3) is 10.9 Å². The van der Waals surface area contributed by atoms with E-state index in [0.29, 0.717) is 11.8 Å². The number of nitrogens with zero attached hydrogens (tertiary/aromatic N) is 2. The Balaban J connectivity index is 1.74. The number of pyridine rings is 1. The average Bonchev–Trinajstić information content (AvgIpc) is 2.76. The quantitative estimate of drug-likeness (QED) is 0.519. The van der Waals surface area contributed by atoms with Crippen molar-refractivity contribution < 1.29 is 14.6 Å².